The van der Waals surface area contributed by atoms with Gasteiger partial charge >= 0.3 is 5.97 Å². The molecule has 0 saturated carbocycles. The van der Waals surface area contributed by atoms with Gasteiger partial charge in [-0.2, -0.15) is 5.10 Å². The van der Waals surface area contributed by atoms with Gasteiger partial charge in [-0.1, -0.05) is 5.16 Å². The molecule has 0 bridgehead atoms. The van der Waals surface area contributed by atoms with Crippen LogP contribution in [0.4, 0.5) is 0 Å². The van der Waals surface area contributed by atoms with E-state index in [1.54, 1.807) is 6.92 Å². The Morgan fingerprint density at radius 2 is 2.26 bits per heavy atom. The molecule has 7 heteroatoms. The average Bonchev–Trinajstić information content (AvgIpc) is 2.75. The van der Waals surface area contributed by atoms with Crippen molar-refractivity contribution in [2.45, 2.75) is 26.8 Å². The largest absolute Gasteiger partial charge is 0.476 e. The zero-order valence-corrected chi connectivity index (χ0v) is 10.4. The summed E-state index contributed by atoms with van der Waals surface area (Å²) >= 11 is 0. The maximum atomic E-state index is 12.0. The maximum absolute atomic E-state index is 12.0. The number of carboxylic acid groups (broad SMARTS) is 1. The predicted molar refractivity (Wildman–Crippen MR) is 65.8 cm³/mol. The van der Waals surface area contributed by atoms with Crippen LogP contribution in [0.3, 0.4) is 0 Å². The van der Waals surface area contributed by atoms with Crippen LogP contribution in [0.2, 0.25) is 0 Å². The molecule has 0 atom stereocenters. The molecule has 2 aromatic heterocycles. The summed E-state index contributed by atoms with van der Waals surface area (Å²) in [5.41, 5.74) is -0.734. The number of hydrogen-bond donors (Lipinski definition) is 1. The van der Waals surface area contributed by atoms with Gasteiger partial charge in [-0.3, -0.25) is 4.79 Å². The lowest BCUT2D eigenvalue weighted by molar-refractivity contribution is 0.0690. The lowest BCUT2D eigenvalue weighted by Gasteiger charge is -2.03. The fourth-order valence-electron chi connectivity index (χ4n) is 1.72. The predicted octanol–water partition coefficient (Wildman–Crippen LogP) is 0.805. The summed E-state index contributed by atoms with van der Waals surface area (Å²) in [4.78, 5) is 23.2. The molecular weight excluding hydrogens is 250 g/mol. The van der Waals surface area contributed by atoms with Crippen LogP contribution in [-0.2, 0) is 6.54 Å². The van der Waals surface area contributed by atoms with Gasteiger partial charge in [0.15, 0.2) is 11.2 Å². The molecule has 0 aliphatic rings. The van der Waals surface area contributed by atoms with Crippen LogP contribution in [-0.4, -0.2) is 26.0 Å². The van der Waals surface area contributed by atoms with Gasteiger partial charge in [-0.25, -0.2) is 9.48 Å². The molecule has 7 nitrogen and oxygen atoms in total. The third-order valence-corrected chi connectivity index (χ3v) is 2.59. The Morgan fingerprint density at radius 1 is 1.53 bits per heavy atom. The van der Waals surface area contributed by atoms with Crippen molar-refractivity contribution in [3.05, 3.63) is 21.8 Å². The first-order valence-electron chi connectivity index (χ1n) is 5.56. The number of carbonyl (C=O) groups is 1. The Hall–Kier alpha value is -2.62. The summed E-state index contributed by atoms with van der Waals surface area (Å²) in [7, 11) is 0. The molecule has 2 rings (SSSR count). The highest BCUT2D eigenvalue weighted by molar-refractivity contribution is 6.00. The van der Waals surface area contributed by atoms with Gasteiger partial charge in [0, 0.05) is 6.42 Å². The fraction of sp³-hybridized carbons (Fsp3) is 0.333. The van der Waals surface area contributed by atoms with Crippen molar-refractivity contribution in [2.24, 2.45) is 0 Å². The number of aromatic nitrogens is 3. The Bertz CT molecular complexity index is 761. The molecule has 0 aromatic carbocycles. The van der Waals surface area contributed by atoms with E-state index in [1.807, 2.05) is 0 Å². The van der Waals surface area contributed by atoms with E-state index < -0.39 is 11.5 Å². The average molecular weight is 261 g/mol. The highest BCUT2D eigenvalue weighted by atomic mass is 16.5. The van der Waals surface area contributed by atoms with Crippen molar-refractivity contribution < 1.29 is 14.4 Å². The maximum Gasteiger partial charge on any atom is 0.357 e. The number of aryl methyl sites for hydroxylation is 2. The molecule has 2 heterocycles. The summed E-state index contributed by atoms with van der Waals surface area (Å²) in [5, 5.41) is 16.7. The molecule has 0 aliphatic heterocycles. The molecule has 0 saturated heterocycles. The van der Waals surface area contributed by atoms with Crippen LogP contribution in [0.25, 0.3) is 10.9 Å². The highest BCUT2D eigenvalue weighted by Crippen LogP contribution is 2.17. The van der Waals surface area contributed by atoms with E-state index in [9.17, 15) is 9.59 Å². The Labute approximate surface area is 107 Å². The van der Waals surface area contributed by atoms with Gasteiger partial charge in [0.2, 0.25) is 0 Å². The van der Waals surface area contributed by atoms with Crippen molar-refractivity contribution in [3.8, 4) is 11.8 Å². The summed E-state index contributed by atoms with van der Waals surface area (Å²) in [6.45, 7) is 3.43. The van der Waals surface area contributed by atoms with Gasteiger partial charge < -0.3 is 9.63 Å². The van der Waals surface area contributed by atoms with Gasteiger partial charge in [-0.15, -0.1) is 11.8 Å². The molecule has 2 aromatic rings. The number of hydrogen-bond acceptors (Lipinski definition) is 5. The quantitative estimate of drug-likeness (QED) is 0.821. The van der Waals surface area contributed by atoms with Crippen molar-refractivity contribution in [3.63, 3.8) is 0 Å². The Balaban J connectivity index is 2.66. The first kappa shape index (κ1) is 12.8. The van der Waals surface area contributed by atoms with E-state index in [0.29, 0.717) is 6.42 Å². The number of rotatable bonds is 3. The van der Waals surface area contributed by atoms with Gasteiger partial charge in [0.25, 0.3) is 5.56 Å². The van der Waals surface area contributed by atoms with Crippen LogP contribution < -0.4 is 5.56 Å². The minimum Gasteiger partial charge on any atom is -0.476 e. The molecular formula is C12H11N3O4. The summed E-state index contributed by atoms with van der Waals surface area (Å²) in [6.07, 6.45) is 0.408. The second-order valence-electron chi connectivity index (χ2n) is 3.82. The number of aromatic carboxylic acids is 1. The zero-order valence-electron chi connectivity index (χ0n) is 10.4. The monoisotopic (exact) mass is 261 g/mol. The SMILES string of the molecule is CC#CCCn1nc(C(=O)O)c2c(C)onc2c1=O. The van der Waals surface area contributed by atoms with Gasteiger partial charge in [-0.05, 0) is 13.8 Å². The minimum atomic E-state index is -1.23. The second kappa shape index (κ2) is 4.94. The lowest BCUT2D eigenvalue weighted by atomic mass is 10.2. The molecule has 0 aliphatic carbocycles. The van der Waals surface area contributed by atoms with E-state index in [1.165, 1.54) is 6.92 Å². The molecule has 0 radical (unpaired) electrons. The molecule has 19 heavy (non-hydrogen) atoms. The van der Waals surface area contributed by atoms with Crippen molar-refractivity contribution >= 4 is 16.9 Å². The van der Waals surface area contributed by atoms with Crippen LogP contribution in [0.1, 0.15) is 29.6 Å². The fourth-order valence-corrected chi connectivity index (χ4v) is 1.72. The summed E-state index contributed by atoms with van der Waals surface area (Å²) in [5.74, 6) is 4.51. The molecule has 0 spiro atoms. The van der Waals surface area contributed by atoms with E-state index in [2.05, 4.69) is 22.1 Å². The number of carboxylic acids is 1. The molecule has 0 amide bonds. The van der Waals surface area contributed by atoms with E-state index in [-0.39, 0.29) is 28.9 Å². The first-order chi connectivity index (χ1) is 9.06. The third-order valence-electron chi connectivity index (χ3n) is 2.59. The van der Waals surface area contributed by atoms with E-state index >= 15 is 0 Å². The second-order valence-corrected chi connectivity index (χ2v) is 3.82. The van der Waals surface area contributed by atoms with Gasteiger partial charge in [0.1, 0.15) is 5.76 Å². The van der Waals surface area contributed by atoms with Crippen molar-refractivity contribution in [1.82, 2.24) is 14.9 Å². The number of fused-ring (bicyclic) bond motifs is 1. The topological polar surface area (TPSA) is 98.2 Å². The van der Waals surface area contributed by atoms with Crippen LogP contribution in [0.5, 0.6) is 0 Å². The molecule has 0 unspecified atom stereocenters. The first-order valence-corrected chi connectivity index (χ1v) is 5.56. The molecule has 0 fully saturated rings. The van der Waals surface area contributed by atoms with E-state index in [4.69, 9.17) is 9.63 Å². The molecule has 98 valence electrons. The third kappa shape index (κ3) is 2.20. The Morgan fingerprint density at radius 3 is 2.89 bits per heavy atom. The normalized spacial score (nSPS) is 10.2. The smallest absolute Gasteiger partial charge is 0.357 e. The summed E-state index contributed by atoms with van der Waals surface area (Å²) < 4.78 is 5.93. The number of nitrogens with zero attached hydrogens (tertiary/aromatic N) is 3. The minimum absolute atomic E-state index is 0.0191. The van der Waals surface area contributed by atoms with Crippen molar-refractivity contribution in [2.75, 3.05) is 0 Å². The van der Waals surface area contributed by atoms with E-state index in [0.717, 1.165) is 4.68 Å². The zero-order chi connectivity index (χ0) is 14.0. The lowest BCUT2D eigenvalue weighted by Crippen LogP contribution is -2.26. The van der Waals surface area contributed by atoms with Crippen LogP contribution in [0.15, 0.2) is 9.32 Å². The summed E-state index contributed by atoms with van der Waals surface area (Å²) in [6, 6.07) is 0. The van der Waals surface area contributed by atoms with Crippen molar-refractivity contribution in [1.29, 1.82) is 0 Å². The van der Waals surface area contributed by atoms with Gasteiger partial charge in [0.05, 0.1) is 11.9 Å². The molecule has 1 N–H and O–H groups in total. The highest BCUT2D eigenvalue weighted by Gasteiger charge is 2.21. The van der Waals surface area contributed by atoms with Crippen LogP contribution in [0, 0.1) is 18.8 Å². The Kier molecular flexibility index (Phi) is 3.33. The van der Waals surface area contributed by atoms with Crippen LogP contribution >= 0.6 is 0 Å². The standard InChI is InChI=1S/C12H11N3O4/c1-3-4-5-6-15-11(16)9-8(7(2)19-14-9)10(13-15)12(17)18/h5-6H2,1-2H3,(H,17,18).